The van der Waals surface area contributed by atoms with Gasteiger partial charge in [0, 0.05) is 11.6 Å². The minimum atomic E-state index is -4.43. The fourth-order valence-electron chi connectivity index (χ4n) is 3.03. The zero-order valence-corrected chi connectivity index (χ0v) is 14.3. The Bertz CT molecular complexity index is 1210. The molecule has 6 heteroatoms. The Labute approximate surface area is 157 Å². The van der Waals surface area contributed by atoms with Gasteiger partial charge in [0.05, 0.1) is 5.56 Å². The molecule has 0 radical (unpaired) electrons. The molecule has 0 aliphatic rings. The van der Waals surface area contributed by atoms with Crippen LogP contribution in [0.3, 0.4) is 0 Å². The highest BCUT2D eigenvalue weighted by molar-refractivity contribution is 5.89. The Balaban J connectivity index is 1.86. The second kappa shape index (κ2) is 6.56. The van der Waals surface area contributed by atoms with Crippen molar-refractivity contribution < 1.29 is 22.7 Å². The lowest BCUT2D eigenvalue weighted by Gasteiger charge is -2.10. The van der Waals surface area contributed by atoms with Crippen molar-refractivity contribution in [2.24, 2.45) is 0 Å². The normalized spacial score (nSPS) is 11.7. The van der Waals surface area contributed by atoms with Crippen molar-refractivity contribution in [3.05, 3.63) is 88.6 Å². The topological polar surface area (TPSA) is 50.4 Å². The number of rotatable bonds is 2. The molecule has 0 bridgehead atoms. The van der Waals surface area contributed by atoms with Crippen LogP contribution in [0.5, 0.6) is 5.75 Å². The summed E-state index contributed by atoms with van der Waals surface area (Å²) in [6, 6.07) is 17.7. The molecule has 3 aromatic carbocycles. The van der Waals surface area contributed by atoms with Gasteiger partial charge in [-0.3, -0.25) is 4.79 Å². The van der Waals surface area contributed by atoms with Gasteiger partial charge in [-0.2, -0.15) is 13.2 Å². The van der Waals surface area contributed by atoms with Crippen LogP contribution in [0.2, 0.25) is 0 Å². The molecule has 0 saturated carbocycles. The molecule has 0 atom stereocenters. The second-order valence-corrected chi connectivity index (χ2v) is 6.28. The van der Waals surface area contributed by atoms with Crippen molar-refractivity contribution in [3.63, 3.8) is 0 Å². The van der Waals surface area contributed by atoms with Gasteiger partial charge in [0.1, 0.15) is 22.5 Å². The lowest BCUT2D eigenvalue weighted by atomic mass is 10.0. The van der Waals surface area contributed by atoms with Crippen molar-refractivity contribution in [2.75, 3.05) is 0 Å². The summed E-state index contributed by atoms with van der Waals surface area (Å²) in [7, 11) is 0. The van der Waals surface area contributed by atoms with Gasteiger partial charge in [0.2, 0.25) is 0 Å². The lowest BCUT2D eigenvalue weighted by Crippen LogP contribution is -2.04. The first-order valence-corrected chi connectivity index (χ1v) is 8.37. The van der Waals surface area contributed by atoms with Crippen LogP contribution < -0.4 is 5.43 Å². The summed E-state index contributed by atoms with van der Waals surface area (Å²) in [6.45, 7) is 0. The van der Waals surface area contributed by atoms with E-state index in [2.05, 4.69) is 0 Å². The summed E-state index contributed by atoms with van der Waals surface area (Å²) in [6.07, 6.45) is -4.43. The van der Waals surface area contributed by atoms with Gasteiger partial charge in [-0.05, 0) is 35.4 Å². The van der Waals surface area contributed by atoms with E-state index >= 15 is 0 Å². The first kappa shape index (κ1) is 17.9. The fourth-order valence-corrected chi connectivity index (χ4v) is 3.03. The number of phenolic OH excluding ortho intramolecular Hbond substituents is 1. The van der Waals surface area contributed by atoms with Gasteiger partial charge < -0.3 is 9.52 Å². The van der Waals surface area contributed by atoms with Gasteiger partial charge in [-0.1, -0.05) is 42.5 Å². The quantitative estimate of drug-likeness (QED) is 0.473. The molecule has 1 heterocycles. The first-order valence-electron chi connectivity index (χ1n) is 8.37. The Kier molecular flexibility index (Phi) is 4.19. The molecule has 0 spiro atoms. The third-order valence-corrected chi connectivity index (χ3v) is 4.41. The van der Waals surface area contributed by atoms with E-state index in [0.717, 1.165) is 12.1 Å². The van der Waals surface area contributed by atoms with Crippen LogP contribution in [0, 0.1) is 0 Å². The predicted octanol–water partition coefficient (Wildman–Crippen LogP) is 5.85. The average Bonchev–Trinajstić information content (AvgIpc) is 2.67. The maximum atomic E-state index is 12.8. The second-order valence-electron chi connectivity index (χ2n) is 6.28. The molecule has 4 aromatic rings. The fraction of sp³-hybridized carbons (Fsp3) is 0.0455. The number of hydrogen-bond acceptors (Lipinski definition) is 3. The zero-order valence-electron chi connectivity index (χ0n) is 14.3. The highest BCUT2D eigenvalue weighted by Gasteiger charge is 2.30. The van der Waals surface area contributed by atoms with Crippen molar-refractivity contribution in [2.45, 2.75) is 6.18 Å². The average molecular weight is 382 g/mol. The Morgan fingerprint density at radius 1 is 0.786 bits per heavy atom. The molecule has 1 N–H and O–H groups in total. The number of benzene rings is 3. The summed E-state index contributed by atoms with van der Waals surface area (Å²) < 4.78 is 44.1. The number of halogens is 3. The molecule has 1 aromatic heterocycles. The highest BCUT2D eigenvalue weighted by Crippen LogP contribution is 2.34. The number of fused-ring (bicyclic) bond motifs is 1. The molecule has 0 saturated heterocycles. The summed E-state index contributed by atoms with van der Waals surface area (Å²) in [5, 5.41) is 10.3. The van der Waals surface area contributed by atoms with Crippen LogP contribution in [-0.2, 0) is 6.18 Å². The van der Waals surface area contributed by atoms with Gasteiger partial charge in [0.15, 0.2) is 5.43 Å². The van der Waals surface area contributed by atoms with Crippen molar-refractivity contribution >= 4 is 11.0 Å². The molecule has 0 aliphatic heterocycles. The smallest absolute Gasteiger partial charge is 0.416 e. The molecule has 140 valence electrons. The molecular weight excluding hydrogens is 369 g/mol. The third-order valence-electron chi connectivity index (χ3n) is 4.41. The van der Waals surface area contributed by atoms with E-state index < -0.39 is 17.2 Å². The van der Waals surface area contributed by atoms with E-state index in [4.69, 9.17) is 4.42 Å². The third kappa shape index (κ3) is 3.24. The Hall–Kier alpha value is -3.54. The molecule has 4 rings (SSSR count). The molecule has 28 heavy (non-hydrogen) atoms. The zero-order chi connectivity index (χ0) is 19.9. The minimum Gasteiger partial charge on any atom is -0.507 e. The van der Waals surface area contributed by atoms with Gasteiger partial charge in [-0.25, -0.2) is 0 Å². The van der Waals surface area contributed by atoms with Gasteiger partial charge in [0.25, 0.3) is 0 Å². The summed E-state index contributed by atoms with van der Waals surface area (Å²) in [4.78, 5) is 12.5. The predicted molar refractivity (Wildman–Crippen MR) is 100 cm³/mol. The standard InChI is InChI=1S/C22H13F3O3/c23-22(24,25)16-8-6-13(7-9-16)15-10-17(26)21-18(27)12-19(28-20(21)11-15)14-4-2-1-3-5-14/h1-12,26H. The molecule has 0 aliphatic carbocycles. The van der Waals surface area contributed by atoms with Gasteiger partial charge in [-0.15, -0.1) is 0 Å². The van der Waals surface area contributed by atoms with Crippen LogP contribution in [0.4, 0.5) is 13.2 Å². The Morgan fingerprint density at radius 2 is 1.46 bits per heavy atom. The van der Waals surface area contributed by atoms with Crippen molar-refractivity contribution in [1.82, 2.24) is 0 Å². The van der Waals surface area contributed by atoms with E-state index in [1.54, 1.807) is 24.3 Å². The van der Waals surface area contributed by atoms with Crippen LogP contribution in [0.25, 0.3) is 33.4 Å². The maximum Gasteiger partial charge on any atom is 0.416 e. The minimum absolute atomic E-state index is 0.0235. The number of alkyl halides is 3. The lowest BCUT2D eigenvalue weighted by molar-refractivity contribution is -0.137. The first-order chi connectivity index (χ1) is 13.3. The number of phenols is 1. The van der Waals surface area contributed by atoms with Crippen LogP contribution in [0.1, 0.15) is 5.56 Å². The van der Waals surface area contributed by atoms with E-state index in [0.29, 0.717) is 22.5 Å². The monoisotopic (exact) mass is 382 g/mol. The molecular formula is C22H13F3O3. The summed E-state index contributed by atoms with van der Waals surface area (Å²) >= 11 is 0. The van der Waals surface area contributed by atoms with Crippen LogP contribution >= 0.6 is 0 Å². The molecule has 3 nitrogen and oxygen atoms in total. The maximum absolute atomic E-state index is 12.8. The molecule has 0 amide bonds. The number of aromatic hydroxyl groups is 1. The van der Waals surface area contributed by atoms with Crippen molar-refractivity contribution in [3.8, 4) is 28.2 Å². The van der Waals surface area contributed by atoms with Crippen molar-refractivity contribution in [1.29, 1.82) is 0 Å². The summed E-state index contributed by atoms with van der Waals surface area (Å²) in [5.74, 6) is 0.0443. The SMILES string of the molecule is O=c1cc(-c2ccccc2)oc2cc(-c3ccc(C(F)(F)F)cc3)cc(O)c12. The summed E-state index contributed by atoms with van der Waals surface area (Å²) in [5.41, 5.74) is 0.572. The largest absolute Gasteiger partial charge is 0.507 e. The highest BCUT2D eigenvalue weighted by atomic mass is 19.4. The van der Waals surface area contributed by atoms with Crippen LogP contribution in [0.15, 0.2) is 82.0 Å². The van der Waals surface area contributed by atoms with E-state index in [-0.39, 0.29) is 16.7 Å². The van der Waals surface area contributed by atoms with Crippen LogP contribution in [-0.4, -0.2) is 5.11 Å². The van der Waals surface area contributed by atoms with E-state index in [1.807, 2.05) is 6.07 Å². The molecule has 0 unspecified atom stereocenters. The Morgan fingerprint density at radius 3 is 2.11 bits per heavy atom. The number of hydrogen-bond donors (Lipinski definition) is 1. The molecule has 0 fully saturated rings. The van der Waals surface area contributed by atoms with E-state index in [1.165, 1.54) is 30.3 Å². The van der Waals surface area contributed by atoms with E-state index in [9.17, 15) is 23.1 Å². The van der Waals surface area contributed by atoms with Gasteiger partial charge >= 0.3 is 6.18 Å².